The fourth-order valence-electron chi connectivity index (χ4n) is 5.57. The summed E-state index contributed by atoms with van der Waals surface area (Å²) in [5.74, 6) is 1.58. The molecule has 0 saturated carbocycles. The molecule has 5 rings (SSSR count). The number of nitrogens with zero attached hydrogens (tertiary/aromatic N) is 2. The molecular formula is C37H40N2O8. The van der Waals surface area contributed by atoms with E-state index >= 15 is 0 Å². The number of likely N-dealkylation sites (tertiary alicyclic amines) is 1. The second-order valence-corrected chi connectivity index (χ2v) is 11.3. The Morgan fingerprint density at radius 2 is 1.64 bits per heavy atom. The molecule has 0 radical (unpaired) electrons. The van der Waals surface area contributed by atoms with Gasteiger partial charge in [-0.25, -0.2) is 4.79 Å². The first-order valence-electron chi connectivity index (χ1n) is 15.7. The predicted octanol–water partition coefficient (Wildman–Crippen LogP) is 7.30. The number of para-hydroxylation sites is 1. The molecule has 0 aromatic heterocycles. The Hall–Kier alpha value is -4.93. The van der Waals surface area contributed by atoms with Gasteiger partial charge < -0.3 is 28.6 Å². The van der Waals surface area contributed by atoms with Crippen LogP contribution in [0.4, 0.5) is 10.5 Å². The van der Waals surface area contributed by atoms with Gasteiger partial charge in [-0.3, -0.25) is 10.1 Å². The number of non-ortho nitro benzene ring substituents is 1. The third-order valence-corrected chi connectivity index (χ3v) is 8.07. The number of hydrogen-bond acceptors (Lipinski definition) is 8. The first-order chi connectivity index (χ1) is 23.0. The van der Waals surface area contributed by atoms with Gasteiger partial charge in [0.25, 0.3) is 5.69 Å². The third kappa shape index (κ3) is 9.78. The van der Waals surface area contributed by atoms with E-state index in [1.54, 1.807) is 24.1 Å². The molecule has 4 aromatic rings. The van der Waals surface area contributed by atoms with Crippen LogP contribution in [0, 0.1) is 10.1 Å². The van der Waals surface area contributed by atoms with Crippen LogP contribution in [0.15, 0.2) is 103 Å². The van der Waals surface area contributed by atoms with Gasteiger partial charge in [0.15, 0.2) is 0 Å². The van der Waals surface area contributed by atoms with E-state index in [0.29, 0.717) is 44.9 Å². The van der Waals surface area contributed by atoms with Crippen molar-refractivity contribution in [1.82, 2.24) is 4.90 Å². The second-order valence-electron chi connectivity index (χ2n) is 11.3. The number of nitro benzene ring substituents is 1. The maximum Gasteiger partial charge on any atom is 0.410 e. The van der Waals surface area contributed by atoms with Crippen LogP contribution in [-0.2, 0) is 34.0 Å². The lowest BCUT2D eigenvalue weighted by Gasteiger charge is -2.38. The molecule has 2 unspecified atom stereocenters. The van der Waals surface area contributed by atoms with Gasteiger partial charge in [-0.2, -0.15) is 0 Å². The Bertz CT molecular complexity index is 1580. The van der Waals surface area contributed by atoms with Crippen molar-refractivity contribution < 1.29 is 33.4 Å². The van der Waals surface area contributed by atoms with Gasteiger partial charge in [0, 0.05) is 36.6 Å². The van der Waals surface area contributed by atoms with Crippen molar-refractivity contribution in [2.45, 2.75) is 44.7 Å². The number of amides is 1. The number of methoxy groups -OCH3 is 1. The van der Waals surface area contributed by atoms with Crippen LogP contribution in [0.1, 0.15) is 41.0 Å². The number of hydrogen-bond donors (Lipinski definition) is 0. The minimum atomic E-state index is -0.420. The summed E-state index contributed by atoms with van der Waals surface area (Å²) in [6.07, 6.45) is 0.666. The van der Waals surface area contributed by atoms with Gasteiger partial charge in [-0.15, -0.1) is 0 Å². The molecule has 1 aliphatic rings. The lowest BCUT2D eigenvalue weighted by atomic mass is 9.87. The molecule has 1 fully saturated rings. The topological polar surface area (TPSA) is 110 Å². The van der Waals surface area contributed by atoms with Crippen molar-refractivity contribution >= 4 is 11.8 Å². The van der Waals surface area contributed by atoms with Crippen LogP contribution in [0.25, 0.3) is 0 Å². The molecule has 10 heteroatoms. The predicted molar refractivity (Wildman–Crippen MR) is 176 cm³/mol. The third-order valence-electron chi connectivity index (χ3n) is 8.07. The van der Waals surface area contributed by atoms with Crippen molar-refractivity contribution in [3.05, 3.63) is 135 Å². The second kappa shape index (κ2) is 17.1. The highest BCUT2D eigenvalue weighted by Gasteiger charge is 2.34. The highest BCUT2D eigenvalue weighted by Crippen LogP contribution is 2.33. The van der Waals surface area contributed by atoms with E-state index in [1.807, 2.05) is 78.9 Å². The summed E-state index contributed by atoms with van der Waals surface area (Å²) in [5, 5.41) is 11.3. The quantitative estimate of drug-likeness (QED) is 0.0757. The lowest BCUT2D eigenvalue weighted by Crippen LogP contribution is -2.47. The maximum atomic E-state index is 13.0. The average Bonchev–Trinajstić information content (AvgIpc) is 3.12. The van der Waals surface area contributed by atoms with Gasteiger partial charge in [-0.05, 0) is 41.3 Å². The van der Waals surface area contributed by atoms with Crippen molar-refractivity contribution in [2.75, 3.05) is 33.4 Å². The molecule has 0 bridgehead atoms. The maximum absolute atomic E-state index is 13.0. The number of piperidine rings is 1. The molecule has 0 spiro atoms. The minimum Gasteiger partial charge on any atom is -0.496 e. The molecule has 0 aliphatic carbocycles. The Labute approximate surface area is 274 Å². The first kappa shape index (κ1) is 33.4. The molecule has 246 valence electrons. The molecule has 1 saturated heterocycles. The lowest BCUT2D eigenvalue weighted by molar-refractivity contribution is -0.385. The number of rotatable bonds is 15. The van der Waals surface area contributed by atoms with Crippen molar-refractivity contribution in [3.63, 3.8) is 0 Å². The SMILES string of the molecule is COc1ccccc1COCCCOc1ccc(C2CCN(C(=O)OCc3ccccc3)CC2OCc2cccc([N+](=O)[O-])c2)cc1. The molecule has 0 N–H and O–H groups in total. The molecular weight excluding hydrogens is 600 g/mol. The smallest absolute Gasteiger partial charge is 0.410 e. The summed E-state index contributed by atoms with van der Waals surface area (Å²) >= 11 is 0. The monoisotopic (exact) mass is 640 g/mol. The van der Waals surface area contributed by atoms with E-state index in [1.165, 1.54) is 12.1 Å². The first-order valence-corrected chi connectivity index (χ1v) is 15.7. The van der Waals surface area contributed by atoms with Crippen LogP contribution in [0.2, 0.25) is 0 Å². The molecule has 47 heavy (non-hydrogen) atoms. The van der Waals surface area contributed by atoms with E-state index in [-0.39, 0.29) is 30.9 Å². The minimum absolute atomic E-state index is 0.00398. The van der Waals surface area contributed by atoms with E-state index in [9.17, 15) is 14.9 Å². The molecule has 10 nitrogen and oxygen atoms in total. The van der Waals surface area contributed by atoms with Crippen molar-refractivity contribution in [1.29, 1.82) is 0 Å². The number of benzene rings is 4. The van der Waals surface area contributed by atoms with Gasteiger partial charge >= 0.3 is 6.09 Å². The zero-order chi connectivity index (χ0) is 32.8. The summed E-state index contributed by atoms with van der Waals surface area (Å²) in [6, 6.07) is 31.7. The molecule has 1 amide bonds. The van der Waals surface area contributed by atoms with Crippen LogP contribution in [0.5, 0.6) is 11.5 Å². The molecule has 2 atom stereocenters. The summed E-state index contributed by atoms with van der Waals surface area (Å²) < 4.78 is 29.1. The van der Waals surface area contributed by atoms with Crippen LogP contribution >= 0.6 is 0 Å². The Kier molecular flexibility index (Phi) is 12.2. The van der Waals surface area contributed by atoms with Crippen molar-refractivity contribution in [2.24, 2.45) is 0 Å². The fourth-order valence-corrected chi connectivity index (χ4v) is 5.57. The van der Waals surface area contributed by atoms with E-state index in [2.05, 4.69) is 0 Å². The molecule has 4 aromatic carbocycles. The van der Waals surface area contributed by atoms with Gasteiger partial charge in [0.1, 0.15) is 18.1 Å². The number of nitro groups is 1. The average molecular weight is 641 g/mol. The highest BCUT2D eigenvalue weighted by atomic mass is 16.6. The highest BCUT2D eigenvalue weighted by molar-refractivity contribution is 5.68. The summed E-state index contributed by atoms with van der Waals surface area (Å²) in [5.41, 5.74) is 3.69. The van der Waals surface area contributed by atoms with E-state index in [4.69, 9.17) is 23.7 Å². The van der Waals surface area contributed by atoms with Crippen LogP contribution in [-0.4, -0.2) is 55.4 Å². The standard InChI is InChI=1S/C37H40N2O8/c1-43-35-14-6-5-12-31(35)27-44-21-8-22-45-33-17-15-30(16-18-33)34-19-20-38(37(40)47-25-28-9-3-2-4-10-28)24-36(34)46-26-29-11-7-13-32(23-29)39(41)42/h2-7,9-18,23,34,36H,8,19-22,24-27H2,1H3. The zero-order valence-electron chi connectivity index (χ0n) is 26.5. The number of carbonyl (C=O) groups is 1. The normalized spacial score (nSPS) is 16.0. The number of ether oxygens (including phenoxy) is 5. The van der Waals surface area contributed by atoms with E-state index < -0.39 is 11.0 Å². The fraction of sp³-hybridized carbons (Fsp3) is 0.324. The molecule has 1 heterocycles. The number of carbonyl (C=O) groups excluding carboxylic acids is 1. The van der Waals surface area contributed by atoms with E-state index in [0.717, 1.165) is 34.6 Å². The van der Waals surface area contributed by atoms with Crippen LogP contribution < -0.4 is 9.47 Å². The largest absolute Gasteiger partial charge is 0.496 e. The van der Waals surface area contributed by atoms with Gasteiger partial charge in [0.2, 0.25) is 0 Å². The summed E-state index contributed by atoms with van der Waals surface area (Å²) in [7, 11) is 1.65. The molecule has 1 aliphatic heterocycles. The summed E-state index contributed by atoms with van der Waals surface area (Å²) in [6.45, 7) is 2.77. The Balaban J connectivity index is 1.16. The van der Waals surface area contributed by atoms with Gasteiger partial charge in [-0.1, -0.05) is 72.8 Å². The summed E-state index contributed by atoms with van der Waals surface area (Å²) in [4.78, 5) is 25.5. The van der Waals surface area contributed by atoms with Crippen molar-refractivity contribution in [3.8, 4) is 11.5 Å². The van der Waals surface area contributed by atoms with Gasteiger partial charge in [0.05, 0.1) is 51.1 Å². The zero-order valence-corrected chi connectivity index (χ0v) is 26.5. The Morgan fingerprint density at radius 3 is 2.43 bits per heavy atom. The Morgan fingerprint density at radius 1 is 0.872 bits per heavy atom. The van der Waals surface area contributed by atoms with Crippen LogP contribution in [0.3, 0.4) is 0 Å².